The van der Waals surface area contributed by atoms with Gasteiger partial charge in [-0.1, -0.05) is 0 Å². The van der Waals surface area contributed by atoms with Gasteiger partial charge in [-0.05, 0) is 7.05 Å². The topological polar surface area (TPSA) is 12.0 Å². The Hall–Kier alpha value is 0.110. The minimum absolute atomic E-state index is 0. The van der Waals surface area contributed by atoms with Crippen LogP contribution in [-0.2, 0) is 0 Å². The van der Waals surface area contributed by atoms with Crippen LogP contribution in [-0.4, -0.2) is 20.0 Å². The smallest absolute Gasteiger partial charge is 0.239 e. The first-order valence-electron chi connectivity index (χ1n) is 2.20. The minimum Gasteiger partial charge on any atom is -0.320 e. The van der Waals surface area contributed by atoms with E-state index in [4.69, 9.17) is 0 Å². The summed E-state index contributed by atoms with van der Waals surface area (Å²) < 4.78 is 22.4. The van der Waals surface area contributed by atoms with E-state index in [1.165, 1.54) is 0 Å². The van der Waals surface area contributed by atoms with Crippen LogP contribution in [0, 0.1) is 0 Å². The number of hydrogen-bond donors (Lipinski definition) is 1. The van der Waals surface area contributed by atoms with E-state index in [1.54, 1.807) is 7.05 Å². The van der Waals surface area contributed by atoms with E-state index in [9.17, 15) is 8.78 Å². The van der Waals surface area contributed by atoms with Crippen LogP contribution in [0.15, 0.2) is 0 Å². The normalized spacial score (nSPS) is 9.00. The second-order valence-corrected chi connectivity index (χ2v) is 1.28. The summed E-state index contributed by atoms with van der Waals surface area (Å²) in [7, 11) is 1.66. The lowest BCUT2D eigenvalue weighted by atomic mass is 10.4. The third-order valence-electron chi connectivity index (χ3n) is 0.613. The van der Waals surface area contributed by atoms with Crippen LogP contribution in [0.3, 0.4) is 0 Å². The van der Waals surface area contributed by atoms with E-state index in [0.29, 0.717) is 6.54 Å². The molecule has 52 valence electrons. The molecule has 0 radical (unpaired) electrons. The molecule has 0 atom stereocenters. The number of alkyl halides is 2. The zero-order valence-corrected chi connectivity index (χ0v) is 5.47. The standard InChI is InChI=1S/C4H9F2N.ClH/c1-7-3-2-4(5)6;/h4,7H,2-3H2,1H3;1H. The van der Waals surface area contributed by atoms with E-state index in [1.807, 2.05) is 0 Å². The van der Waals surface area contributed by atoms with Gasteiger partial charge in [-0.25, -0.2) is 8.78 Å². The lowest BCUT2D eigenvalue weighted by molar-refractivity contribution is 0.138. The monoisotopic (exact) mass is 145 g/mol. The van der Waals surface area contributed by atoms with Gasteiger partial charge in [0.25, 0.3) is 0 Å². The van der Waals surface area contributed by atoms with E-state index in [0.717, 1.165) is 0 Å². The lowest BCUT2D eigenvalue weighted by Crippen LogP contribution is -2.10. The third kappa shape index (κ3) is 9.44. The first-order chi connectivity index (χ1) is 3.27. The van der Waals surface area contributed by atoms with Crippen molar-refractivity contribution in [1.82, 2.24) is 5.32 Å². The van der Waals surface area contributed by atoms with Crippen molar-refractivity contribution in [1.29, 1.82) is 0 Å². The van der Waals surface area contributed by atoms with Gasteiger partial charge in [0.15, 0.2) is 0 Å². The Bertz CT molecular complexity index is 43.0. The molecule has 0 aromatic rings. The highest BCUT2D eigenvalue weighted by atomic mass is 35.5. The highest BCUT2D eigenvalue weighted by Gasteiger charge is 1.97. The third-order valence-corrected chi connectivity index (χ3v) is 0.613. The van der Waals surface area contributed by atoms with Gasteiger partial charge < -0.3 is 5.32 Å². The van der Waals surface area contributed by atoms with Crippen LogP contribution in [0.5, 0.6) is 0 Å². The SMILES string of the molecule is CNCCC(F)F.Cl. The van der Waals surface area contributed by atoms with Crippen molar-refractivity contribution in [2.45, 2.75) is 12.8 Å². The fourth-order valence-electron chi connectivity index (χ4n) is 0.253. The molecule has 1 nitrogen and oxygen atoms in total. The van der Waals surface area contributed by atoms with E-state index < -0.39 is 6.43 Å². The average Bonchev–Trinajstić information content (AvgIpc) is 1.61. The molecule has 0 rings (SSSR count). The van der Waals surface area contributed by atoms with Gasteiger partial charge in [0.1, 0.15) is 0 Å². The molecule has 1 N–H and O–H groups in total. The van der Waals surface area contributed by atoms with Crippen molar-refractivity contribution in [3.05, 3.63) is 0 Å². The van der Waals surface area contributed by atoms with Gasteiger partial charge in [-0.15, -0.1) is 12.4 Å². The summed E-state index contributed by atoms with van der Waals surface area (Å²) in [5.74, 6) is 0. The highest BCUT2D eigenvalue weighted by molar-refractivity contribution is 5.85. The molecule has 0 aromatic heterocycles. The summed E-state index contributed by atoms with van der Waals surface area (Å²) in [6.45, 7) is 0.400. The summed E-state index contributed by atoms with van der Waals surface area (Å²) in [5.41, 5.74) is 0. The molecule has 0 saturated carbocycles. The lowest BCUT2D eigenvalue weighted by Gasteiger charge is -1.94. The van der Waals surface area contributed by atoms with Crippen LogP contribution in [0.4, 0.5) is 8.78 Å². The first-order valence-corrected chi connectivity index (χ1v) is 2.20. The fourth-order valence-corrected chi connectivity index (χ4v) is 0.253. The molecule has 0 unspecified atom stereocenters. The Balaban J connectivity index is 0. The molecule has 8 heavy (non-hydrogen) atoms. The number of rotatable bonds is 3. The van der Waals surface area contributed by atoms with Gasteiger partial charge in [0.05, 0.1) is 0 Å². The second kappa shape index (κ2) is 7.11. The molecule has 0 spiro atoms. The predicted octanol–water partition coefficient (Wildman–Crippen LogP) is 1.28. The Morgan fingerprint density at radius 3 is 2.12 bits per heavy atom. The van der Waals surface area contributed by atoms with Crippen molar-refractivity contribution >= 4 is 12.4 Å². The van der Waals surface area contributed by atoms with Crippen molar-refractivity contribution in [2.24, 2.45) is 0 Å². The minimum atomic E-state index is -2.16. The van der Waals surface area contributed by atoms with Gasteiger partial charge in [-0.3, -0.25) is 0 Å². The Morgan fingerprint density at radius 2 is 2.00 bits per heavy atom. The van der Waals surface area contributed by atoms with Crippen LogP contribution >= 0.6 is 12.4 Å². The molecular formula is C4H10ClF2N. The van der Waals surface area contributed by atoms with Gasteiger partial charge in [0, 0.05) is 13.0 Å². The van der Waals surface area contributed by atoms with Crippen molar-refractivity contribution in [2.75, 3.05) is 13.6 Å². The van der Waals surface area contributed by atoms with Crippen LogP contribution < -0.4 is 5.32 Å². The molecule has 4 heteroatoms. The second-order valence-electron chi connectivity index (χ2n) is 1.28. The highest BCUT2D eigenvalue weighted by Crippen LogP contribution is 1.94. The molecule has 0 saturated heterocycles. The zero-order valence-electron chi connectivity index (χ0n) is 4.66. The van der Waals surface area contributed by atoms with Gasteiger partial charge >= 0.3 is 0 Å². The van der Waals surface area contributed by atoms with Gasteiger partial charge in [-0.2, -0.15) is 0 Å². The molecule has 0 aliphatic carbocycles. The van der Waals surface area contributed by atoms with E-state index >= 15 is 0 Å². The summed E-state index contributed by atoms with van der Waals surface area (Å²) in [6.07, 6.45) is -2.20. The molecule has 0 amide bonds. The maximum absolute atomic E-state index is 11.2. The summed E-state index contributed by atoms with van der Waals surface area (Å²) in [4.78, 5) is 0. The molecule has 0 aromatic carbocycles. The quantitative estimate of drug-likeness (QED) is 0.631. The predicted molar refractivity (Wildman–Crippen MR) is 31.8 cm³/mol. The molecule has 0 heterocycles. The number of hydrogen-bond acceptors (Lipinski definition) is 1. The molecular weight excluding hydrogens is 136 g/mol. The number of nitrogens with one attached hydrogen (secondary N) is 1. The van der Waals surface area contributed by atoms with Gasteiger partial charge in [0.2, 0.25) is 6.43 Å². The maximum atomic E-state index is 11.2. The molecule has 0 aliphatic rings. The Labute approximate surface area is 53.9 Å². The van der Waals surface area contributed by atoms with E-state index in [2.05, 4.69) is 5.32 Å². The Kier molecular flexibility index (Phi) is 9.76. The van der Waals surface area contributed by atoms with Crippen molar-refractivity contribution in [3.8, 4) is 0 Å². The first kappa shape index (κ1) is 11.0. The van der Waals surface area contributed by atoms with Crippen LogP contribution in [0.25, 0.3) is 0 Å². The van der Waals surface area contributed by atoms with Crippen molar-refractivity contribution in [3.63, 3.8) is 0 Å². The zero-order chi connectivity index (χ0) is 5.70. The largest absolute Gasteiger partial charge is 0.320 e. The molecule has 0 bridgehead atoms. The fraction of sp³-hybridized carbons (Fsp3) is 1.00. The summed E-state index contributed by atoms with van der Waals surface area (Å²) >= 11 is 0. The Morgan fingerprint density at radius 1 is 1.50 bits per heavy atom. The van der Waals surface area contributed by atoms with Crippen LogP contribution in [0.2, 0.25) is 0 Å². The summed E-state index contributed by atoms with van der Waals surface area (Å²) in [5, 5.41) is 2.62. The molecule has 0 aliphatic heterocycles. The summed E-state index contributed by atoms with van der Waals surface area (Å²) in [6, 6.07) is 0. The maximum Gasteiger partial charge on any atom is 0.239 e. The number of halogens is 3. The van der Waals surface area contributed by atoms with Crippen LogP contribution in [0.1, 0.15) is 6.42 Å². The van der Waals surface area contributed by atoms with Crippen molar-refractivity contribution < 1.29 is 8.78 Å². The van der Waals surface area contributed by atoms with E-state index in [-0.39, 0.29) is 18.8 Å². The average molecular weight is 146 g/mol. The molecule has 0 fully saturated rings.